The lowest BCUT2D eigenvalue weighted by Crippen LogP contribution is -2.34. The molecule has 1 atom stereocenters. The summed E-state index contributed by atoms with van der Waals surface area (Å²) in [5.74, 6) is -1.03. The number of carbonyl (C=O) groups is 3. The van der Waals surface area contributed by atoms with Crippen LogP contribution in [0.15, 0.2) is 66.7 Å². The Bertz CT molecular complexity index is 1090. The Morgan fingerprint density at radius 1 is 1.03 bits per heavy atom. The predicted octanol–water partition coefficient (Wildman–Crippen LogP) is 3.76. The predicted molar refractivity (Wildman–Crippen MR) is 111 cm³/mol. The third kappa shape index (κ3) is 3.69. The number of carbonyl (C=O) groups excluding carboxylic acids is 3. The zero-order valence-corrected chi connectivity index (χ0v) is 15.9. The number of ether oxygens (including phenoxy) is 1. The third-order valence-corrected chi connectivity index (χ3v) is 4.87. The standard InChI is InChI=1S/C23H20N2O4/c1-2-29-23(28)16-8-11-19(12-9-16)25-21(26)14-20(22(25)27)24-18-10-7-15-5-3-4-6-17(15)13-18/h3-13,20,24H,2,14H2,1H3/t20-/m1/s1. The van der Waals surface area contributed by atoms with E-state index in [-0.39, 0.29) is 24.8 Å². The second-order valence-electron chi connectivity index (χ2n) is 6.80. The van der Waals surface area contributed by atoms with Gasteiger partial charge in [0.05, 0.1) is 24.3 Å². The molecule has 6 nitrogen and oxygen atoms in total. The lowest BCUT2D eigenvalue weighted by molar-refractivity contribution is -0.121. The molecule has 4 rings (SSSR count). The van der Waals surface area contributed by atoms with Gasteiger partial charge in [-0.1, -0.05) is 30.3 Å². The van der Waals surface area contributed by atoms with E-state index < -0.39 is 12.0 Å². The Morgan fingerprint density at radius 2 is 1.76 bits per heavy atom. The van der Waals surface area contributed by atoms with E-state index in [0.717, 1.165) is 21.4 Å². The number of benzene rings is 3. The molecule has 1 aliphatic heterocycles. The Hall–Kier alpha value is -3.67. The van der Waals surface area contributed by atoms with Crippen LogP contribution in [0.3, 0.4) is 0 Å². The zero-order valence-electron chi connectivity index (χ0n) is 15.9. The molecule has 6 heteroatoms. The zero-order chi connectivity index (χ0) is 20.4. The van der Waals surface area contributed by atoms with Gasteiger partial charge in [0.15, 0.2) is 0 Å². The number of esters is 1. The first-order chi connectivity index (χ1) is 14.1. The van der Waals surface area contributed by atoms with Crippen LogP contribution in [0.4, 0.5) is 11.4 Å². The number of rotatable bonds is 5. The summed E-state index contributed by atoms with van der Waals surface area (Å²) in [5, 5.41) is 5.34. The Labute approximate surface area is 168 Å². The molecule has 3 aromatic rings. The molecule has 0 aromatic heterocycles. The van der Waals surface area contributed by atoms with E-state index >= 15 is 0 Å². The van der Waals surface area contributed by atoms with Gasteiger partial charge < -0.3 is 10.1 Å². The minimum Gasteiger partial charge on any atom is -0.462 e. The molecular weight excluding hydrogens is 368 g/mol. The molecule has 0 saturated carbocycles. The maximum absolute atomic E-state index is 12.9. The number of fused-ring (bicyclic) bond motifs is 1. The average molecular weight is 388 g/mol. The molecule has 1 heterocycles. The van der Waals surface area contributed by atoms with E-state index in [9.17, 15) is 14.4 Å². The van der Waals surface area contributed by atoms with Crippen molar-refractivity contribution >= 4 is 39.9 Å². The summed E-state index contributed by atoms with van der Waals surface area (Å²) in [6.07, 6.45) is 0.0747. The van der Waals surface area contributed by atoms with Crippen molar-refractivity contribution in [3.8, 4) is 0 Å². The molecule has 2 amide bonds. The second kappa shape index (κ2) is 7.75. The third-order valence-electron chi connectivity index (χ3n) is 4.87. The summed E-state index contributed by atoms with van der Waals surface area (Å²) in [7, 11) is 0. The smallest absolute Gasteiger partial charge is 0.338 e. The molecule has 0 bridgehead atoms. The number of anilines is 2. The maximum Gasteiger partial charge on any atom is 0.338 e. The van der Waals surface area contributed by atoms with E-state index in [1.54, 1.807) is 31.2 Å². The van der Waals surface area contributed by atoms with Gasteiger partial charge in [-0.05, 0) is 54.1 Å². The SMILES string of the molecule is CCOC(=O)c1ccc(N2C(=O)C[C@@H](Nc3ccc4ccccc4c3)C2=O)cc1. The molecule has 1 aliphatic rings. The van der Waals surface area contributed by atoms with Crippen molar-refractivity contribution in [1.82, 2.24) is 0 Å². The largest absolute Gasteiger partial charge is 0.462 e. The van der Waals surface area contributed by atoms with Gasteiger partial charge >= 0.3 is 5.97 Å². The Balaban J connectivity index is 1.51. The molecular formula is C23H20N2O4. The number of imide groups is 1. The van der Waals surface area contributed by atoms with Crippen molar-refractivity contribution in [3.63, 3.8) is 0 Å². The highest BCUT2D eigenvalue weighted by Crippen LogP contribution is 2.26. The topological polar surface area (TPSA) is 75.7 Å². The fraction of sp³-hybridized carbons (Fsp3) is 0.174. The Kier molecular flexibility index (Phi) is 4.99. The quantitative estimate of drug-likeness (QED) is 0.532. The summed E-state index contributed by atoms with van der Waals surface area (Å²) in [6.45, 7) is 2.02. The van der Waals surface area contributed by atoms with Crippen molar-refractivity contribution in [2.24, 2.45) is 0 Å². The first kappa shape index (κ1) is 18.7. The first-order valence-corrected chi connectivity index (χ1v) is 9.46. The fourth-order valence-electron chi connectivity index (χ4n) is 3.46. The van der Waals surface area contributed by atoms with E-state index in [0.29, 0.717) is 11.3 Å². The maximum atomic E-state index is 12.9. The second-order valence-corrected chi connectivity index (χ2v) is 6.80. The number of hydrogen-bond acceptors (Lipinski definition) is 5. The highest BCUT2D eigenvalue weighted by atomic mass is 16.5. The van der Waals surface area contributed by atoms with Crippen molar-refractivity contribution in [1.29, 1.82) is 0 Å². The lowest BCUT2D eigenvalue weighted by atomic mass is 10.1. The van der Waals surface area contributed by atoms with Gasteiger partial charge in [-0.2, -0.15) is 0 Å². The first-order valence-electron chi connectivity index (χ1n) is 9.46. The molecule has 0 spiro atoms. The van der Waals surface area contributed by atoms with Gasteiger partial charge in [-0.3, -0.25) is 9.59 Å². The van der Waals surface area contributed by atoms with Gasteiger partial charge in [0, 0.05) is 5.69 Å². The normalized spacial score (nSPS) is 16.3. The molecule has 1 fully saturated rings. The van der Waals surface area contributed by atoms with E-state index in [2.05, 4.69) is 5.32 Å². The van der Waals surface area contributed by atoms with Crippen LogP contribution < -0.4 is 10.2 Å². The fourth-order valence-corrected chi connectivity index (χ4v) is 3.46. The van der Waals surface area contributed by atoms with Gasteiger partial charge in [0.2, 0.25) is 5.91 Å². The van der Waals surface area contributed by atoms with Gasteiger partial charge in [-0.25, -0.2) is 9.69 Å². The van der Waals surface area contributed by atoms with Crippen molar-refractivity contribution in [2.75, 3.05) is 16.8 Å². The molecule has 0 radical (unpaired) electrons. The van der Waals surface area contributed by atoms with Gasteiger partial charge in [-0.15, -0.1) is 0 Å². The molecule has 146 valence electrons. The van der Waals surface area contributed by atoms with Gasteiger partial charge in [0.25, 0.3) is 5.91 Å². The van der Waals surface area contributed by atoms with Crippen LogP contribution in [0.1, 0.15) is 23.7 Å². The minimum atomic E-state index is -0.631. The molecule has 0 aliphatic carbocycles. The van der Waals surface area contributed by atoms with Crippen LogP contribution in [-0.4, -0.2) is 30.4 Å². The summed E-state index contributed by atoms with van der Waals surface area (Å²) in [6, 6.07) is 19.4. The van der Waals surface area contributed by atoms with Crippen LogP contribution in [-0.2, 0) is 14.3 Å². The minimum absolute atomic E-state index is 0.0747. The van der Waals surface area contributed by atoms with E-state index in [4.69, 9.17) is 4.74 Å². The number of hydrogen-bond donors (Lipinski definition) is 1. The average Bonchev–Trinajstić information content (AvgIpc) is 3.01. The van der Waals surface area contributed by atoms with Crippen LogP contribution in [0.5, 0.6) is 0 Å². The van der Waals surface area contributed by atoms with Crippen LogP contribution >= 0.6 is 0 Å². The highest BCUT2D eigenvalue weighted by molar-refractivity contribution is 6.23. The number of nitrogens with zero attached hydrogens (tertiary/aromatic N) is 1. The van der Waals surface area contributed by atoms with Crippen molar-refractivity contribution < 1.29 is 19.1 Å². The summed E-state index contributed by atoms with van der Waals surface area (Å²) < 4.78 is 4.95. The van der Waals surface area contributed by atoms with Gasteiger partial charge in [0.1, 0.15) is 6.04 Å². The molecule has 1 saturated heterocycles. The Morgan fingerprint density at radius 3 is 2.48 bits per heavy atom. The lowest BCUT2D eigenvalue weighted by Gasteiger charge is -2.16. The van der Waals surface area contributed by atoms with Crippen LogP contribution in [0, 0.1) is 0 Å². The highest BCUT2D eigenvalue weighted by Gasteiger charge is 2.39. The monoisotopic (exact) mass is 388 g/mol. The van der Waals surface area contributed by atoms with E-state index in [1.165, 1.54) is 0 Å². The molecule has 3 aromatic carbocycles. The molecule has 0 unspecified atom stereocenters. The summed E-state index contributed by atoms with van der Waals surface area (Å²) in [4.78, 5) is 38.3. The van der Waals surface area contributed by atoms with Crippen molar-refractivity contribution in [2.45, 2.75) is 19.4 Å². The van der Waals surface area contributed by atoms with Crippen LogP contribution in [0.25, 0.3) is 10.8 Å². The van der Waals surface area contributed by atoms with Crippen LogP contribution in [0.2, 0.25) is 0 Å². The summed E-state index contributed by atoms with van der Waals surface area (Å²) >= 11 is 0. The number of nitrogens with one attached hydrogen (secondary N) is 1. The van der Waals surface area contributed by atoms with E-state index in [1.807, 2.05) is 42.5 Å². The molecule has 1 N–H and O–H groups in total. The van der Waals surface area contributed by atoms with Crippen molar-refractivity contribution in [3.05, 3.63) is 72.3 Å². The molecule has 29 heavy (non-hydrogen) atoms. The summed E-state index contributed by atoms with van der Waals surface area (Å²) in [5.41, 5.74) is 1.60. The number of amides is 2.